The highest BCUT2D eigenvalue weighted by molar-refractivity contribution is 6.31. The van der Waals surface area contributed by atoms with Crippen LogP contribution < -0.4 is 5.73 Å². The Bertz CT molecular complexity index is 493. The van der Waals surface area contributed by atoms with E-state index in [2.05, 4.69) is 0 Å². The van der Waals surface area contributed by atoms with Crippen molar-refractivity contribution in [3.63, 3.8) is 0 Å². The van der Waals surface area contributed by atoms with Crippen LogP contribution in [0.3, 0.4) is 0 Å². The van der Waals surface area contributed by atoms with E-state index in [1.807, 2.05) is 0 Å². The summed E-state index contributed by atoms with van der Waals surface area (Å²) >= 11 is 6.00. The fourth-order valence-corrected chi connectivity index (χ4v) is 3.10. The first-order chi connectivity index (χ1) is 9.99. The van der Waals surface area contributed by atoms with Crippen molar-refractivity contribution >= 4 is 29.9 Å². The normalized spacial score (nSPS) is 21.1. The summed E-state index contributed by atoms with van der Waals surface area (Å²) in [4.78, 5) is 13.8. The van der Waals surface area contributed by atoms with Gasteiger partial charge in [-0.25, -0.2) is 4.39 Å². The van der Waals surface area contributed by atoms with E-state index in [4.69, 9.17) is 17.3 Å². The van der Waals surface area contributed by atoms with Gasteiger partial charge in [-0.2, -0.15) is 0 Å². The van der Waals surface area contributed by atoms with E-state index in [0.29, 0.717) is 17.0 Å². The lowest BCUT2D eigenvalue weighted by Gasteiger charge is -2.29. The fourth-order valence-electron chi connectivity index (χ4n) is 2.88. The summed E-state index contributed by atoms with van der Waals surface area (Å²) in [6, 6.07) is 4.66. The highest BCUT2D eigenvalue weighted by atomic mass is 35.5. The van der Waals surface area contributed by atoms with Gasteiger partial charge in [0.05, 0.1) is 0 Å². The van der Waals surface area contributed by atoms with Gasteiger partial charge in [0.15, 0.2) is 0 Å². The molecule has 3 nitrogen and oxygen atoms in total. The summed E-state index contributed by atoms with van der Waals surface area (Å²) in [6.45, 7) is 0.187. The van der Waals surface area contributed by atoms with Gasteiger partial charge in [0.25, 0.3) is 0 Å². The first kappa shape index (κ1) is 19.2. The Kier molecular flexibility index (Phi) is 7.60. The van der Waals surface area contributed by atoms with Crippen LogP contribution in [0.15, 0.2) is 18.2 Å². The minimum Gasteiger partial charge on any atom is -0.341 e. The summed E-state index contributed by atoms with van der Waals surface area (Å²) in [7, 11) is 1.68. The van der Waals surface area contributed by atoms with Gasteiger partial charge in [0.2, 0.25) is 5.91 Å². The number of hydrogen-bond donors (Lipinski definition) is 1. The molecule has 0 aliphatic heterocycles. The number of halogens is 3. The SMILES string of the molecule is CN(Cc1c(F)cccc1Cl)C(=O)CC1CCCCC1N.Cl. The Hall–Kier alpha value is -0.840. The van der Waals surface area contributed by atoms with E-state index in [9.17, 15) is 9.18 Å². The molecule has 0 heterocycles. The molecule has 2 atom stereocenters. The summed E-state index contributed by atoms with van der Waals surface area (Å²) in [6.07, 6.45) is 4.70. The molecule has 0 aromatic heterocycles. The first-order valence-electron chi connectivity index (χ1n) is 7.41. The Morgan fingerprint density at radius 3 is 2.73 bits per heavy atom. The highest BCUT2D eigenvalue weighted by Crippen LogP contribution is 2.27. The van der Waals surface area contributed by atoms with Gasteiger partial charge in [0.1, 0.15) is 5.82 Å². The molecule has 22 heavy (non-hydrogen) atoms. The molecule has 2 N–H and O–H groups in total. The number of hydrogen-bond acceptors (Lipinski definition) is 2. The largest absolute Gasteiger partial charge is 0.341 e. The molecule has 1 aliphatic carbocycles. The number of amides is 1. The standard InChI is InChI=1S/C16H22ClFN2O.ClH/c1-20(10-12-13(17)6-4-7-14(12)18)16(21)9-11-5-2-3-8-15(11)19;/h4,6-7,11,15H,2-3,5,8-10,19H2,1H3;1H. The zero-order valence-electron chi connectivity index (χ0n) is 12.7. The highest BCUT2D eigenvalue weighted by Gasteiger charge is 2.25. The summed E-state index contributed by atoms with van der Waals surface area (Å²) in [5.74, 6) is -0.141. The fraction of sp³-hybridized carbons (Fsp3) is 0.562. The number of carbonyl (C=O) groups excluding carboxylic acids is 1. The second-order valence-electron chi connectivity index (χ2n) is 5.86. The molecule has 0 radical (unpaired) electrons. The topological polar surface area (TPSA) is 46.3 Å². The Balaban J connectivity index is 0.00000242. The quantitative estimate of drug-likeness (QED) is 0.900. The van der Waals surface area contributed by atoms with E-state index in [1.165, 1.54) is 11.0 Å². The lowest BCUT2D eigenvalue weighted by Crippen LogP contribution is -2.37. The molecule has 1 aromatic carbocycles. The average molecular weight is 349 g/mol. The monoisotopic (exact) mass is 348 g/mol. The summed E-state index contributed by atoms with van der Waals surface area (Å²) in [5, 5.41) is 0.351. The number of benzene rings is 1. The van der Waals surface area contributed by atoms with Gasteiger partial charge in [-0.1, -0.05) is 30.5 Å². The number of nitrogens with zero attached hydrogens (tertiary/aromatic N) is 1. The Labute approximate surface area is 142 Å². The Morgan fingerprint density at radius 1 is 1.41 bits per heavy atom. The van der Waals surface area contributed by atoms with Crippen LogP contribution in [-0.2, 0) is 11.3 Å². The lowest BCUT2D eigenvalue weighted by molar-refractivity contribution is -0.131. The van der Waals surface area contributed by atoms with Crippen molar-refractivity contribution in [1.29, 1.82) is 0 Å². The molecule has 1 amide bonds. The first-order valence-corrected chi connectivity index (χ1v) is 7.79. The third-order valence-electron chi connectivity index (χ3n) is 4.29. The number of carbonyl (C=O) groups is 1. The molecule has 124 valence electrons. The molecule has 6 heteroatoms. The zero-order valence-corrected chi connectivity index (χ0v) is 14.3. The molecular formula is C16H23Cl2FN2O. The van der Waals surface area contributed by atoms with E-state index in [1.54, 1.807) is 19.2 Å². The van der Waals surface area contributed by atoms with Gasteiger partial charge >= 0.3 is 0 Å². The Morgan fingerprint density at radius 2 is 2.09 bits per heavy atom. The summed E-state index contributed by atoms with van der Waals surface area (Å²) in [5.41, 5.74) is 6.44. The number of nitrogens with two attached hydrogens (primary N) is 1. The van der Waals surface area contributed by atoms with Crippen LogP contribution in [0.25, 0.3) is 0 Å². The predicted molar refractivity (Wildman–Crippen MR) is 89.7 cm³/mol. The molecule has 0 spiro atoms. The van der Waals surface area contributed by atoms with Crippen molar-refractivity contribution < 1.29 is 9.18 Å². The van der Waals surface area contributed by atoms with Crippen LogP contribution >= 0.6 is 24.0 Å². The van der Waals surface area contributed by atoms with Crippen LogP contribution in [0.4, 0.5) is 4.39 Å². The molecule has 1 saturated carbocycles. The maximum atomic E-state index is 13.8. The van der Waals surface area contributed by atoms with Gasteiger partial charge < -0.3 is 10.6 Å². The molecule has 0 saturated heterocycles. The van der Waals surface area contributed by atoms with Crippen molar-refractivity contribution in [2.24, 2.45) is 11.7 Å². The van der Waals surface area contributed by atoms with Crippen molar-refractivity contribution in [2.75, 3.05) is 7.05 Å². The van der Waals surface area contributed by atoms with E-state index in [-0.39, 0.29) is 42.6 Å². The molecule has 1 aliphatic rings. The van der Waals surface area contributed by atoms with Crippen LogP contribution in [0.5, 0.6) is 0 Å². The van der Waals surface area contributed by atoms with Crippen LogP contribution in [-0.4, -0.2) is 23.9 Å². The number of rotatable bonds is 4. The van der Waals surface area contributed by atoms with Crippen LogP contribution in [0.1, 0.15) is 37.7 Å². The average Bonchev–Trinajstić information content (AvgIpc) is 2.45. The second kappa shape index (κ2) is 8.70. The third-order valence-corrected chi connectivity index (χ3v) is 4.64. The zero-order chi connectivity index (χ0) is 15.4. The second-order valence-corrected chi connectivity index (χ2v) is 6.27. The van der Waals surface area contributed by atoms with Crippen LogP contribution in [0.2, 0.25) is 5.02 Å². The van der Waals surface area contributed by atoms with Gasteiger partial charge in [0, 0.05) is 36.6 Å². The molecule has 2 unspecified atom stereocenters. The maximum absolute atomic E-state index is 13.8. The maximum Gasteiger partial charge on any atom is 0.222 e. The lowest BCUT2D eigenvalue weighted by atomic mass is 9.83. The molecular weight excluding hydrogens is 326 g/mol. The third kappa shape index (κ3) is 4.83. The molecule has 1 aromatic rings. The van der Waals surface area contributed by atoms with Crippen molar-refractivity contribution in [3.8, 4) is 0 Å². The van der Waals surface area contributed by atoms with E-state index < -0.39 is 0 Å². The van der Waals surface area contributed by atoms with Gasteiger partial charge in [-0.3, -0.25) is 4.79 Å². The van der Waals surface area contributed by atoms with Crippen molar-refractivity contribution in [2.45, 2.75) is 44.7 Å². The molecule has 0 bridgehead atoms. The minimum absolute atomic E-state index is 0. The van der Waals surface area contributed by atoms with Crippen molar-refractivity contribution in [3.05, 3.63) is 34.6 Å². The summed E-state index contributed by atoms with van der Waals surface area (Å²) < 4.78 is 13.8. The molecule has 1 fully saturated rings. The predicted octanol–water partition coefficient (Wildman–Crippen LogP) is 3.77. The van der Waals surface area contributed by atoms with Crippen molar-refractivity contribution in [1.82, 2.24) is 4.90 Å². The van der Waals surface area contributed by atoms with Gasteiger partial charge in [-0.15, -0.1) is 12.4 Å². The minimum atomic E-state index is -0.378. The van der Waals surface area contributed by atoms with Crippen LogP contribution in [0, 0.1) is 11.7 Å². The van der Waals surface area contributed by atoms with Gasteiger partial charge in [-0.05, 0) is 30.9 Å². The molecule has 2 rings (SSSR count). The van der Waals surface area contributed by atoms with E-state index in [0.717, 1.165) is 25.7 Å². The smallest absolute Gasteiger partial charge is 0.222 e. The van der Waals surface area contributed by atoms with E-state index >= 15 is 0 Å².